The predicted molar refractivity (Wildman–Crippen MR) is 81.3 cm³/mol. The first kappa shape index (κ1) is 13.5. The Hall–Kier alpha value is -2.49. The van der Waals surface area contributed by atoms with E-state index in [-0.39, 0.29) is 5.91 Å². The highest BCUT2D eigenvalue weighted by molar-refractivity contribution is 6.05. The van der Waals surface area contributed by atoms with Crippen LogP contribution in [-0.4, -0.2) is 19.1 Å². The number of rotatable bonds is 2. The van der Waals surface area contributed by atoms with Crippen LogP contribution in [0.25, 0.3) is 0 Å². The summed E-state index contributed by atoms with van der Waals surface area (Å²) in [5, 5.41) is 2.94. The van der Waals surface area contributed by atoms with Crippen LogP contribution < -0.4 is 14.8 Å². The van der Waals surface area contributed by atoms with Crippen molar-refractivity contribution in [1.29, 1.82) is 0 Å². The third-order valence-electron chi connectivity index (χ3n) is 3.45. The Morgan fingerprint density at radius 1 is 1.00 bits per heavy atom. The molecule has 2 aromatic rings. The minimum Gasteiger partial charge on any atom is -0.486 e. The maximum absolute atomic E-state index is 12.4. The van der Waals surface area contributed by atoms with Gasteiger partial charge in [0.15, 0.2) is 11.5 Å². The average Bonchev–Trinajstić information content (AvgIpc) is 2.50. The fourth-order valence-corrected chi connectivity index (χ4v) is 2.25. The summed E-state index contributed by atoms with van der Waals surface area (Å²) in [6.07, 6.45) is 0. The van der Waals surface area contributed by atoms with Crippen LogP contribution in [0.2, 0.25) is 0 Å². The number of carbonyl (C=O) groups excluding carboxylic acids is 1. The molecule has 0 bridgehead atoms. The molecule has 21 heavy (non-hydrogen) atoms. The standard InChI is InChI=1S/C17H17NO3/c1-11-3-4-12(2)14(9-11)18-17(19)13-5-6-15-16(10-13)21-8-7-20-15/h3-6,9-10H,7-8H2,1-2H3,(H,18,19). The molecule has 1 heterocycles. The lowest BCUT2D eigenvalue weighted by Gasteiger charge is -2.18. The highest BCUT2D eigenvalue weighted by Gasteiger charge is 2.15. The maximum atomic E-state index is 12.4. The van der Waals surface area contributed by atoms with Gasteiger partial charge in [-0.05, 0) is 49.2 Å². The van der Waals surface area contributed by atoms with Crippen LogP contribution in [0.5, 0.6) is 11.5 Å². The van der Waals surface area contributed by atoms with Gasteiger partial charge in [0.05, 0.1) is 0 Å². The number of nitrogens with one attached hydrogen (secondary N) is 1. The van der Waals surface area contributed by atoms with E-state index in [0.717, 1.165) is 16.8 Å². The predicted octanol–water partition coefficient (Wildman–Crippen LogP) is 3.33. The number of hydrogen-bond donors (Lipinski definition) is 1. The van der Waals surface area contributed by atoms with Crippen LogP contribution >= 0.6 is 0 Å². The molecule has 0 aromatic heterocycles. The Morgan fingerprint density at radius 3 is 2.57 bits per heavy atom. The molecule has 1 aliphatic heterocycles. The number of benzene rings is 2. The molecule has 0 aliphatic carbocycles. The van der Waals surface area contributed by atoms with Crippen molar-refractivity contribution in [2.45, 2.75) is 13.8 Å². The van der Waals surface area contributed by atoms with Crippen LogP contribution in [0, 0.1) is 13.8 Å². The smallest absolute Gasteiger partial charge is 0.255 e. The largest absolute Gasteiger partial charge is 0.486 e. The van der Waals surface area contributed by atoms with Crippen molar-refractivity contribution in [3.8, 4) is 11.5 Å². The molecular formula is C17H17NO3. The second-order valence-electron chi connectivity index (χ2n) is 5.13. The number of aryl methyl sites for hydroxylation is 2. The van der Waals surface area contributed by atoms with E-state index in [1.54, 1.807) is 18.2 Å². The minimum absolute atomic E-state index is 0.152. The highest BCUT2D eigenvalue weighted by atomic mass is 16.6. The Balaban J connectivity index is 1.83. The van der Waals surface area contributed by atoms with Crippen LogP contribution in [0.4, 0.5) is 5.69 Å². The number of fused-ring (bicyclic) bond motifs is 1. The van der Waals surface area contributed by atoms with Gasteiger partial charge >= 0.3 is 0 Å². The normalized spacial score (nSPS) is 12.9. The number of anilines is 1. The second-order valence-corrected chi connectivity index (χ2v) is 5.13. The minimum atomic E-state index is -0.152. The van der Waals surface area contributed by atoms with Crippen LogP contribution in [0.15, 0.2) is 36.4 Å². The summed E-state index contributed by atoms with van der Waals surface area (Å²) < 4.78 is 11.0. The summed E-state index contributed by atoms with van der Waals surface area (Å²) in [6.45, 7) is 5.02. The Bertz CT molecular complexity index is 694. The lowest BCUT2D eigenvalue weighted by molar-refractivity contribution is 0.102. The van der Waals surface area contributed by atoms with Crippen molar-refractivity contribution < 1.29 is 14.3 Å². The van der Waals surface area contributed by atoms with Crippen molar-refractivity contribution in [1.82, 2.24) is 0 Å². The molecule has 1 N–H and O–H groups in total. The van der Waals surface area contributed by atoms with E-state index in [1.165, 1.54) is 0 Å². The molecule has 0 atom stereocenters. The zero-order valence-electron chi connectivity index (χ0n) is 12.1. The summed E-state index contributed by atoms with van der Waals surface area (Å²) in [7, 11) is 0. The van der Waals surface area contributed by atoms with Gasteiger partial charge in [-0.1, -0.05) is 12.1 Å². The molecule has 1 amide bonds. The SMILES string of the molecule is Cc1ccc(C)c(NC(=O)c2ccc3c(c2)OCCO3)c1. The summed E-state index contributed by atoms with van der Waals surface area (Å²) in [5.74, 6) is 1.15. The fraction of sp³-hybridized carbons (Fsp3) is 0.235. The summed E-state index contributed by atoms with van der Waals surface area (Å²) in [5.41, 5.74) is 3.53. The molecule has 2 aromatic carbocycles. The molecule has 1 aliphatic rings. The second kappa shape index (κ2) is 5.48. The van der Waals surface area contributed by atoms with Gasteiger partial charge in [-0.3, -0.25) is 4.79 Å². The number of hydrogen-bond acceptors (Lipinski definition) is 3. The fourth-order valence-electron chi connectivity index (χ4n) is 2.25. The van der Waals surface area contributed by atoms with E-state index in [0.29, 0.717) is 30.3 Å². The molecule has 4 nitrogen and oxygen atoms in total. The Kier molecular flexibility index (Phi) is 3.52. The first-order valence-electron chi connectivity index (χ1n) is 6.92. The third kappa shape index (κ3) is 2.84. The van der Waals surface area contributed by atoms with Crippen LogP contribution in [0.3, 0.4) is 0 Å². The number of carbonyl (C=O) groups is 1. The zero-order valence-corrected chi connectivity index (χ0v) is 12.1. The van der Waals surface area contributed by atoms with Crippen molar-refractivity contribution in [2.24, 2.45) is 0 Å². The van der Waals surface area contributed by atoms with Crippen molar-refractivity contribution in [3.63, 3.8) is 0 Å². The van der Waals surface area contributed by atoms with Crippen molar-refractivity contribution >= 4 is 11.6 Å². The molecule has 0 saturated heterocycles. The molecule has 0 saturated carbocycles. The first-order chi connectivity index (χ1) is 10.1. The molecule has 0 unspecified atom stereocenters. The quantitative estimate of drug-likeness (QED) is 0.919. The van der Waals surface area contributed by atoms with E-state index < -0.39 is 0 Å². The average molecular weight is 283 g/mol. The van der Waals surface area contributed by atoms with Gasteiger partial charge < -0.3 is 14.8 Å². The summed E-state index contributed by atoms with van der Waals surface area (Å²) in [6, 6.07) is 11.2. The Labute approximate surface area is 123 Å². The molecule has 108 valence electrons. The lowest BCUT2D eigenvalue weighted by Crippen LogP contribution is -2.17. The van der Waals surface area contributed by atoms with E-state index in [2.05, 4.69) is 5.32 Å². The van der Waals surface area contributed by atoms with Gasteiger partial charge in [0.1, 0.15) is 13.2 Å². The topological polar surface area (TPSA) is 47.6 Å². The van der Waals surface area contributed by atoms with E-state index in [9.17, 15) is 4.79 Å². The van der Waals surface area contributed by atoms with Crippen LogP contribution in [0.1, 0.15) is 21.5 Å². The monoisotopic (exact) mass is 283 g/mol. The summed E-state index contributed by atoms with van der Waals surface area (Å²) in [4.78, 5) is 12.4. The molecule has 0 spiro atoms. The van der Waals surface area contributed by atoms with Gasteiger partial charge in [0, 0.05) is 11.3 Å². The van der Waals surface area contributed by atoms with Gasteiger partial charge in [-0.15, -0.1) is 0 Å². The zero-order chi connectivity index (χ0) is 14.8. The van der Waals surface area contributed by atoms with Gasteiger partial charge in [-0.25, -0.2) is 0 Å². The van der Waals surface area contributed by atoms with Gasteiger partial charge in [-0.2, -0.15) is 0 Å². The van der Waals surface area contributed by atoms with Crippen molar-refractivity contribution in [2.75, 3.05) is 18.5 Å². The lowest BCUT2D eigenvalue weighted by atomic mass is 10.1. The van der Waals surface area contributed by atoms with Crippen molar-refractivity contribution in [3.05, 3.63) is 53.1 Å². The molecule has 4 heteroatoms. The van der Waals surface area contributed by atoms with Gasteiger partial charge in [0.2, 0.25) is 0 Å². The highest BCUT2D eigenvalue weighted by Crippen LogP contribution is 2.31. The number of ether oxygens (including phenoxy) is 2. The molecule has 0 fully saturated rings. The van der Waals surface area contributed by atoms with E-state index in [4.69, 9.17) is 9.47 Å². The first-order valence-corrected chi connectivity index (χ1v) is 6.92. The molecule has 0 radical (unpaired) electrons. The third-order valence-corrected chi connectivity index (χ3v) is 3.45. The summed E-state index contributed by atoms with van der Waals surface area (Å²) >= 11 is 0. The van der Waals surface area contributed by atoms with Crippen LogP contribution in [-0.2, 0) is 0 Å². The Morgan fingerprint density at radius 2 is 1.76 bits per heavy atom. The number of amides is 1. The molecule has 3 rings (SSSR count). The van der Waals surface area contributed by atoms with Gasteiger partial charge in [0.25, 0.3) is 5.91 Å². The molecular weight excluding hydrogens is 266 g/mol. The maximum Gasteiger partial charge on any atom is 0.255 e. The van der Waals surface area contributed by atoms with E-state index >= 15 is 0 Å². The van der Waals surface area contributed by atoms with E-state index in [1.807, 2.05) is 32.0 Å².